The lowest BCUT2D eigenvalue weighted by molar-refractivity contribution is -0.126. The van der Waals surface area contributed by atoms with E-state index in [-0.39, 0.29) is 17.4 Å². The molecular weight excluding hydrogens is 178 g/mol. The Balaban J connectivity index is 1.95. The summed E-state index contributed by atoms with van der Waals surface area (Å²) >= 11 is 0. The van der Waals surface area contributed by atoms with Crippen LogP contribution in [0.4, 0.5) is 0 Å². The molecule has 1 aromatic heterocycles. The van der Waals surface area contributed by atoms with Gasteiger partial charge in [-0.25, -0.2) is 4.98 Å². The second kappa shape index (κ2) is 3.12. The Morgan fingerprint density at radius 2 is 2.43 bits per heavy atom. The third-order valence-corrected chi connectivity index (χ3v) is 2.83. The molecule has 0 spiro atoms. The lowest BCUT2D eigenvalue weighted by atomic mass is 10.1. The van der Waals surface area contributed by atoms with E-state index in [2.05, 4.69) is 15.3 Å². The first-order chi connectivity index (χ1) is 6.62. The molecular formula is C10H15N3O. The van der Waals surface area contributed by atoms with E-state index in [1.807, 2.05) is 13.8 Å². The number of hydrogen-bond acceptors (Lipinski definition) is 2. The summed E-state index contributed by atoms with van der Waals surface area (Å²) in [5.41, 5.74) is -0.110. The Morgan fingerprint density at radius 3 is 2.93 bits per heavy atom. The molecule has 1 fully saturated rings. The molecule has 2 N–H and O–H groups in total. The predicted molar refractivity (Wildman–Crippen MR) is 52.5 cm³/mol. The van der Waals surface area contributed by atoms with Crippen molar-refractivity contribution >= 4 is 5.91 Å². The van der Waals surface area contributed by atoms with Crippen molar-refractivity contribution in [3.8, 4) is 0 Å². The third kappa shape index (κ3) is 1.64. The number of nitrogens with one attached hydrogen (secondary N) is 2. The average Bonchev–Trinajstić information content (AvgIpc) is 2.71. The first kappa shape index (κ1) is 9.24. The summed E-state index contributed by atoms with van der Waals surface area (Å²) < 4.78 is 0. The summed E-state index contributed by atoms with van der Waals surface area (Å²) in [6.07, 6.45) is 5.46. The van der Waals surface area contributed by atoms with Crippen LogP contribution in [-0.2, 0) is 4.79 Å². The van der Waals surface area contributed by atoms with Gasteiger partial charge in [0.05, 0.1) is 6.04 Å². The smallest absolute Gasteiger partial charge is 0.226 e. The van der Waals surface area contributed by atoms with E-state index in [0.717, 1.165) is 18.7 Å². The van der Waals surface area contributed by atoms with Crippen molar-refractivity contribution in [3.63, 3.8) is 0 Å². The summed E-state index contributed by atoms with van der Waals surface area (Å²) in [5, 5.41) is 2.95. The monoisotopic (exact) mass is 193 g/mol. The Bertz CT molecular complexity index is 327. The van der Waals surface area contributed by atoms with Gasteiger partial charge in [0.2, 0.25) is 5.91 Å². The quantitative estimate of drug-likeness (QED) is 0.762. The van der Waals surface area contributed by atoms with Gasteiger partial charge < -0.3 is 10.3 Å². The number of aromatic amines is 1. The van der Waals surface area contributed by atoms with Crippen molar-refractivity contribution in [1.82, 2.24) is 15.3 Å². The molecule has 1 aliphatic rings. The summed E-state index contributed by atoms with van der Waals surface area (Å²) in [6.45, 7) is 3.93. The van der Waals surface area contributed by atoms with Crippen molar-refractivity contribution in [3.05, 3.63) is 18.2 Å². The highest BCUT2D eigenvalue weighted by Crippen LogP contribution is 2.45. The molecule has 1 atom stereocenters. The van der Waals surface area contributed by atoms with E-state index >= 15 is 0 Å². The maximum Gasteiger partial charge on any atom is 0.226 e. The number of carbonyl (C=O) groups excluding carboxylic acids is 1. The van der Waals surface area contributed by atoms with Gasteiger partial charge in [-0.05, 0) is 19.8 Å². The second-order valence-electron chi connectivity index (χ2n) is 4.23. The van der Waals surface area contributed by atoms with Crippen LogP contribution in [0.2, 0.25) is 0 Å². The molecule has 0 bridgehead atoms. The predicted octanol–water partition coefficient (Wildman–Crippen LogP) is 1.39. The van der Waals surface area contributed by atoms with E-state index in [1.165, 1.54) is 0 Å². The first-order valence-corrected chi connectivity index (χ1v) is 4.92. The number of hydrogen-bond donors (Lipinski definition) is 2. The van der Waals surface area contributed by atoms with Crippen molar-refractivity contribution in [2.24, 2.45) is 5.41 Å². The molecule has 0 aromatic carbocycles. The van der Waals surface area contributed by atoms with Crippen LogP contribution in [-0.4, -0.2) is 15.9 Å². The first-order valence-electron chi connectivity index (χ1n) is 4.92. The Kier molecular flexibility index (Phi) is 2.06. The zero-order valence-corrected chi connectivity index (χ0v) is 8.50. The lowest BCUT2D eigenvalue weighted by Gasteiger charge is -2.14. The summed E-state index contributed by atoms with van der Waals surface area (Å²) in [5.74, 6) is 0.948. The molecule has 0 saturated heterocycles. The molecule has 14 heavy (non-hydrogen) atoms. The zero-order valence-electron chi connectivity index (χ0n) is 8.50. The maximum absolute atomic E-state index is 11.7. The van der Waals surface area contributed by atoms with Crippen molar-refractivity contribution in [1.29, 1.82) is 0 Å². The number of amides is 1. The van der Waals surface area contributed by atoms with Crippen LogP contribution < -0.4 is 5.32 Å². The maximum atomic E-state index is 11.7. The molecule has 1 aliphatic carbocycles. The molecule has 0 aliphatic heterocycles. The van der Waals surface area contributed by atoms with Crippen LogP contribution in [0.25, 0.3) is 0 Å². The van der Waals surface area contributed by atoms with Crippen LogP contribution in [0.5, 0.6) is 0 Å². The van der Waals surface area contributed by atoms with Crippen molar-refractivity contribution in [2.45, 2.75) is 32.7 Å². The Hall–Kier alpha value is -1.32. The van der Waals surface area contributed by atoms with E-state index in [9.17, 15) is 4.79 Å². The van der Waals surface area contributed by atoms with Crippen LogP contribution in [0.1, 0.15) is 38.6 Å². The molecule has 2 rings (SSSR count). The third-order valence-electron chi connectivity index (χ3n) is 2.83. The molecule has 1 aromatic rings. The number of rotatable bonds is 3. The van der Waals surface area contributed by atoms with Gasteiger partial charge >= 0.3 is 0 Å². The van der Waals surface area contributed by atoms with Crippen LogP contribution >= 0.6 is 0 Å². The van der Waals surface area contributed by atoms with Gasteiger partial charge in [-0.3, -0.25) is 4.79 Å². The Morgan fingerprint density at radius 1 is 1.71 bits per heavy atom. The largest absolute Gasteiger partial charge is 0.347 e. The number of nitrogens with zero attached hydrogens (tertiary/aromatic N) is 1. The van der Waals surface area contributed by atoms with Crippen LogP contribution in [0.15, 0.2) is 12.4 Å². The molecule has 0 radical (unpaired) electrons. The minimum atomic E-state index is -0.110. The van der Waals surface area contributed by atoms with Gasteiger partial charge in [0.25, 0.3) is 0 Å². The topological polar surface area (TPSA) is 57.8 Å². The minimum Gasteiger partial charge on any atom is -0.347 e. The lowest BCUT2D eigenvalue weighted by Crippen LogP contribution is -2.32. The molecule has 1 heterocycles. The normalized spacial score (nSPS) is 20.1. The zero-order chi connectivity index (χ0) is 10.2. The highest BCUT2D eigenvalue weighted by atomic mass is 16.2. The Labute approximate surface area is 83.1 Å². The summed E-state index contributed by atoms with van der Waals surface area (Å²) in [4.78, 5) is 18.8. The van der Waals surface area contributed by atoms with Gasteiger partial charge in [0, 0.05) is 17.8 Å². The SMILES string of the molecule is CC(NC(=O)C1(C)CC1)c1ncc[nH]1. The van der Waals surface area contributed by atoms with Crippen molar-refractivity contribution < 1.29 is 4.79 Å². The van der Waals surface area contributed by atoms with E-state index in [0.29, 0.717) is 0 Å². The highest BCUT2D eigenvalue weighted by molar-refractivity contribution is 5.85. The van der Waals surface area contributed by atoms with E-state index in [1.54, 1.807) is 12.4 Å². The summed E-state index contributed by atoms with van der Waals surface area (Å²) in [7, 11) is 0. The van der Waals surface area contributed by atoms with Crippen molar-refractivity contribution in [2.75, 3.05) is 0 Å². The molecule has 1 unspecified atom stereocenters. The van der Waals surface area contributed by atoms with Gasteiger partial charge in [-0.1, -0.05) is 6.92 Å². The number of aromatic nitrogens is 2. The van der Waals surface area contributed by atoms with Gasteiger partial charge in [-0.2, -0.15) is 0 Å². The minimum absolute atomic E-state index is 0.0325. The fraction of sp³-hybridized carbons (Fsp3) is 0.600. The van der Waals surface area contributed by atoms with Gasteiger partial charge in [-0.15, -0.1) is 0 Å². The van der Waals surface area contributed by atoms with Gasteiger partial charge in [0.1, 0.15) is 5.82 Å². The molecule has 76 valence electrons. The molecule has 1 amide bonds. The molecule has 4 nitrogen and oxygen atoms in total. The van der Waals surface area contributed by atoms with E-state index < -0.39 is 0 Å². The highest BCUT2D eigenvalue weighted by Gasteiger charge is 2.45. The van der Waals surface area contributed by atoms with Gasteiger partial charge in [0.15, 0.2) is 0 Å². The molecule has 4 heteroatoms. The number of imidazole rings is 1. The molecule has 1 saturated carbocycles. The van der Waals surface area contributed by atoms with Crippen LogP contribution in [0, 0.1) is 5.41 Å². The number of H-pyrrole nitrogens is 1. The standard InChI is InChI=1S/C10H15N3O/c1-7(8-11-5-6-12-8)13-9(14)10(2)3-4-10/h5-7H,3-4H2,1-2H3,(H,11,12)(H,13,14). The number of carbonyl (C=O) groups is 1. The second-order valence-corrected chi connectivity index (χ2v) is 4.23. The summed E-state index contributed by atoms with van der Waals surface area (Å²) in [6, 6.07) is -0.0325. The fourth-order valence-electron chi connectivity index (χ4n) is 1.37. The fourth-order valence-corrected chi connectivity index (χ4v) is 1.37. The van der Waals surface area contributed by atoms with Crippen LogP contribution in [0.3, 0.4) is 0 Å². The van der Waals surface area contributed by atoms with E-state index in [4.69, 9.17) is 0 Å². The average molecular weight is 193 g/mol.